The highest BCUT2D eigenvalue weighted by Crippen LogP contribution is 2.27. The second kappa shape index (κ2) is 8.99. The van der Waals surface area contributed by atoms with Crippen molar-refractivity contribution in [2.45, 2.75) is 76.0 Å². The summed E-state index contributed by atoms with van der Waals surface area (Å²) in [6, 6.07) is -0.383. The second-order valence-electron chi connectivity index (χ2n) is 6.43. The normalized spacial score (nSPS) is 33.7. The van der Waals surface area contributed by atoms with Crippen molar-refractivity contribution in [2.24, 2.45) is 0 Å². The Morgan fingerprint density at radius 2 is 1.80 bits per heavy atom. The van der Waals surface area contributed by atoms with Gasteiger partial charge in [0.1, 0.15) is 6.29 Å². The highest BCUT2D eigenvalue weighted by Gasteiger charge is 2.35. The number of carbonyl (C=O) groups excluding carboxylic acids is 1. The van der Waals surface area contributed by atoms with Crippen LogP contribution in [0.25, 0.3) is 0 Å². The Morgan fingerprint density at radius 1 is 1.12 bits per heavy atom. The van der Waals surface area contributed by atoms with Crippen LogP contribution in [0.1, 0.15) is 39.0 Å². The summed E-state index contributed by atoms with van der Waals surface area (Å²) in [5, 5.41) is 11.9. The molecule has 2 fully saturated rings. The van der Waals surface area contributed by atoms with E-state index in [-0.39, 0.29) is 37.1 Å². The molecule has 3 atom stereocenters. The Morgan fingerprint density at radius 3 is 2.40 bits per heavy atom. The van der Waals surface area contributed by atoms with Crippen molar-refractivity contribution in [2.75, 3.05) is 7.11 Å². The number of nitrogens with one attached hydrogen (secondary N) is 5. The number of hydrogen-bond acceptors (Lipinski definition) is 6. The fourth-order valence-corrected chi connectivity index (χ4v) is 3.20. The molecule has 2 aliphatic rings. The number of rotatable bonds is 5. The number of urea groups is 1. The first kappa shape index (κ1) is 20.2. The molecule has 1 aliphatic heterocycles. The van der Waals surface area contributed by atoms with Crippen LogP contribution in [0.5, 0.6) is 0 Å². The summed E-state index contributed by atoms with van der Waals surface area (Å²) < 4.78 is 40.6. The number of amides is 2. The van der Waals surface area contributed by atoms with E-state index in [9.17, 15) is 18.0 Å². The van der Waals surface area contributed by atoms with Gasteiger partial charge in [0, 0.05) is 12.1 Å². The van der Waals surface area contributed by atoms with Gasteiger partial charge in [0.2, 0.25) is 0 Å². The monoisotopic (exact) mass is 369 g/mol. The van der Waals surface area contributed by atoms with Crippen LogP contribution >= 0.6 is 0 Å². The summed E-state index contributed by atoms with van der Waals surface area (Å²) in [5.74, 6) is 0. The molecule has 25 heavy (non-hydrogen) atoms. The van der Waals surface area contributed by atoms with Crippen LogP contribution < -0.4 is 26.7 Å². The van der Waals surface area contributed by atoms with Gasteiger partial charge in [-0.15, -0.1) is 13.2 Å². The molecule has 0 aromatic heterocycles. The first-order chi connectivity index (χ1) is 11.7. The number of carbonyl (C=O) groups is 1. The first-order valence-electron chi connectivity index (χ1n) is 8.37. The maximum absolute atomic E-state index is 12.2. The molecule has 5 N–H and O–H groups in total. The Kier molecular flexibility index (Phi) is 7.25. The van der Waals surface area contributed by atoms with Gasteiger partial charge in [0.05, 0.1) is 19.4 Å². The topological polar surface area (TPSA) is 95.7 Å². The SMILES string of the molecule is CONC1CC(C)NC(NC(=O)NC2CCC(OC(F)(F)F)CC2)N1. The summed E-state index contributed by atoms with van der Waals surface area (Å²) in [6.07, 6.45) is -3.79. The van der Waals surface area contributed by atoms with Gasteiger partial charge in [-0.25, -0.2) is 4.79 Å². The van der Waals surface area contributed by atoms with Crippen LogP contribution in [-0.4, -0.2) is 50.1 Å². The lowest BCUT2D eigenvalue weighted by molar-refractivity contribution is -0.345. The van der Waals surface area contributed by atoms with Crippen LogP contribution in [-0.2, 0) is 9.57 Å². The lowest BCUT2D eigenvalue weighted by atomic mass is 9.93. The van der Waals surface area contributed by atoms with E-state index < -0.39 is 18.8 Å². The van der Waals surface area contributed by atoms with Crippen molar-refractivity contribution < 1.29 is 27.5 Å². The van der Waals surface area contributed by atoms with E-state index in [4.69, 9.17) is 4.84 Å². The maximum Gasteiger partial charge on any atom is 0.522 e. The lowest BCUT2D eigenvalue weighted by Gasteiger charge is -2.36. The van der Waals surface area contributed by atoms with E-state index in [0.717, 1.165) is 6.42 Å². The number of hydroxylamine groups is 1. The molecule has 8 nitrogen and oxygen atoms in total. The van der Waals surface area contributed by atoms with Crippen molar-refractivity contribution in [1.29, 1.82) is 0 Å². The number of alkyl halides is 3. The maximum atomic E-state index is 12.2. The minimum atomic E-state index is -4.61. The standard InChI is InChI=1S/C14H26F3N5O3/c1-8-7-11(22-24-2)20-12(18-8)21-13(23)19-9-3-5-10(6-4-9)25-14(15,16)17/h8-12,18,20,22H,3-7H2,1-2H3,(H2,19,21,23). The van der Waals surface area contributed by atoms with Crippen molar-refractivity contribution >= 4 is 6.03 Å². The van der Waals surface area contributed by atoms with Gasteiger partial charge in [-0.05, 0) is 39.0 Å². The number of hydrogen-bond donors (Lipinski definition) is 5. The summed E-state index contributed by atoms with van der Waals surface area (Å²) in [7, 11) is 1.52. The third kappa shape index (κ3) is 7.32. The zero-order chi connectivity index (χ0) is 18.4. The van der Waals surface area contributed by atoms with E-state index in [1.165, 1.54) is 7.11 Å². The van der Waals surface area contributed by atoms with Gasteiger partial charge in [0.15, 0.2) is 0 Å². The number of ether oxygens (including phenoxy) is 1. The van der Waals surface area contributed by atoms with E-state index in [0.29, 0.717) is 12.8 Å². The molecular formula is C14H26F3N5O3. The van der Waals surface area contributed by atoms with Gasteiger partial charge >= 0.3 is 12.4 Å². The van der Waals surface area contributed by atoms with E-state index >= 15 is 0 Å². The quantitative estimate of drug-likeness (QED) is 0.462. The fraction of sp³-hybridized carbons (Fsp3) is 0.929. The molecule has 0 radical (unpaired) electrons. The van der Waals surface area contributed by atoms with Gasteiger partial charge < -0.3 is 15.5 Å². The molecule has 11 heteroatoms. The Balaban J connectivity index is 1.70. The van der Waals surface area contributed by atoms with Crippen molar-refractivity contribution in [3.05, 3.63) is 0 Å². The molecule has 2 rings (SSSR count). The molecule has 0 aromatic carbocycles. The molecule has 146 valence electrons. The van der Waals surface area contributed by atoms with Crippen molar-refractivity contribution in [3.63, 3.8) is 0 Å². The molecule has 3 unspecified atom stereocenters. The second-order valence-corrected chi connectivity index (χ2v) is 6.43. The molecule has 1 aliphatic carbocycles. The smallest absolute Gasteiger partial charge is 0.335 e. The molecule has 2 amide bonds. The molecule has 0 spiro atoms. The Hall–Kier alpha value is -1.14. The largest absolute Gasteiger partial charge is 0.522 e. The Bertz CT molecular complexity index is 432. The van der Waals surface area contributed by atoms with Gasteiger partial charge in [-0.1, -0.05) is 0 Å². The zero-order valence-corrected chi connectivity index (χ0v) is 14.3. The molecule has 0 bridgehead atoms. The van der Waals surface area contributed by atoms with Crippen LogP contribution in [0, 0.1) is 0 Å². The first-order valence-corrected chi connectivity index (χ1v) is 8.37. The van der Waals surface area contributed by atoms with Crippen LogP contribution in [0.2, 0.25) is 0 Å². The molecule has 0 aromatic rings. The molecule has 1 heterocycles. The third-order valence-corrected chi connectivity index (χ3v) is 4.25. The lowest BCUT2D eigenvalue weighted by Crippen LogP contribution is -2.68. The summed E-state index contributed by atoms with van der Waals surface area (Å²) >= 11 is 0. The van der Waals surface area contributed by atoms with Crippen LogP contribution in [0.15, 0.2) is 0 Å². The predicted octanol–water partition coefficient (Wildman–Crippen LogP) is 0.865. The van der Waals surface area contributed by atoms with Crippen molar-refractivity contribution in [1.82, 2.24) is 26.7 Å². The third-order valence-electron chi connectivity index (χ3n) is 4.25. The highest BCUT2D eigenvalue weighted by atomic mass is 19.4. The number of halogens is 3. The fourth-order valence-electron chi connectivity index (χ4n) is 3.20. The average Bonchev–Trinajstić information content (AvgIpc) is 2.47. The molecule has 1 saturated heterocycles. The van der Waals surface area contributed by atoms with Gasteiger partial charge in [0.25, 0.3) is 0 Å². The minimum absolute atomic E-state index is 0.110. The summed E-state index contributed by atoms with van der Waals surface area (Å²) in [4.78, 5) is 17.0. The highest BCUT2D eigenvalue weighted by molar-refractivity contribution is 5.74. The summed E-state index contributed by atoms with van der Waals surface area (Å²) in [5.41, 5.74) is 2.79. The Labute approximate surface area is 144 Å². The van der Waals surface area contributed by atoms with E-state index in [1.54, 1.807) is 0 Å². The molecule has 1 saturated carbocycles. The van der Waals surface area contributed by atoms with E-state index in [1.807, 2.05) is 6.92 Å². The zero-order valence-electron chi connectivity index (χ0n) is 14.3. The van der Waals surface area contributed by atoms with Gasteiger partial charge in [-0.2, -0.15) is 5.48 Å². The average molecular weight is 369 g/mol. The van der Waals surface area contributed by atoms with Crippen LogP contribution in [0.3, 0.4) is 0 Å². The van der Waals surface area contributed by atoms with Crippen LogP contribution in [0.4, 0.5) is 18.0 Å². The summed E-state index contributed by atoms with van der Waals surface area (Å²) in [6.45, 7) is 1.99. The van der Waals surface area contributed by atoms with Crippen molar-refractivity contribution in [3.8, 4) is 0 Å². The minimum Gasteiger partial charge on any atom is -0.335 e. The van der Waals surface area contributed by atoms with E-state index in [2.05, 4.69) is 31.5 Å². The predicted molar refractivity (Wildman–Crippen MR) is 82.9 cm³/mol. The molecular weight excluding hydrogens is 343 g/mol. The van der Waals surface area contributed by atoms with Gasteiger partial charge in [-0.3, -0.25) is 15.4 Å².